The Balaban J connectivity index is 1.81. The molecule has 2 unspecified atom stereocenters. The molecule has 1 amide bonds. The van der Waals surface area contributed by atoms with E-state index in [1.165, 1.54) is 18.3 Å². The zero-order valence-electron chi connectivity index (χ0n) is 26.3. The largest absolute Gasteiger partial charge is 0.491 e. The Kier molecular flexibility index (Phi) is 11.0. The molecule has 0 radical (unpaired) electrons. The number of fused-ring (bicyclic) bond motifs is 1. The monoisotopic (exact) mass is 703 g/mol. The number of carbonyl (C=O) groups excluding carboxylic acids is 3. The highest BCUT2D eigenvalue weighted by molar-refractivity contribution is 7.89. The van der Waals surface area contributed by atoms with E-state index < -0.39 is 51.0 Å². The van der Waals surface area contributed by atoms with Crippen molar-refractivity contribution in [1.82, 2.24) is 10.3 Å². The van der Waals surface area contributed by atoms with Crippen molar-refractivity contribution in [2.75, 3.05) is 17.7 Å². The average Bonchev–Trinajstić information content (AvgIpc) is 3.02. The van der Waals surface area contributed by atoms with Gasteiger partial charge in [-0.15, -0.1) is 0 Å². The predicted molar refractivity (Wildman–Crippen MR) is 172 cm³/mol. The maximum Gasteiger partial charge on any atom is 0.491 e. The molecular weight excluding hydrogens is 671 g/mol. The van der Waals surface area contributed by atoms with Crippen LogP contribution in [0.3, 0.4) is 0 Å². The van der Waals surface area contributed by atoms with E-state index in [1.807, 2.05) is 0 Å². The van der Waals surface area contributed by atoms with Crippen LogP contribution >= 0.6 is 0 Å². The van der Waals surface area contributed by atoms with Crippen LogP contribution in [-0.4, -0.2) is 50.1 Å². The smallest absolute Gasteiger partial charge is 0.490 e. The molecule has 4 aromatic rings. The minimum absolute atomic E-state index is 0.226. The van der Waals surface area contributed by atoms with Gasteiger partial charge in [-0.05, 0) is 85.8 Å². The number of benzene rings is 3. The van der Waals surface area contributed by atoms with E-state index in [9.17, 15) is 36.0 Å². The summed E-state index contributed by atoms with van der Waals surface area (Å²) in [7, 11) is -4.37. The number of pyridine rings is 1. The number of sulfonamides is 1. The number of nitrogens with zero attached hydrogens (tertiary/aromatic N) is 1. The molecule has 13 nitrogen and oxygen atoms in total. The van der Waals surface area contributed by atoms with Gasteiger partial charge in [0.05, 0.1) is 17.6 Å². The Hall–Kier alpha value is -5.42. The number of primary sulfonamides is 1. The molecule has 2 atom stereocenters. The fourth-order valence-electron chi connectivity index (χ4n) is 4.66. The van der Waals surface area contributed by atoms with Crippen LogP contribution in [-0.2, 0) is 29.1 Å². The molecule has 0 bridgehead atoms. The number of ether oxygens (including phenoxy) is 3. The molecule has 0 fully saturated rings. The van der Waals surface area contributed by atoms with Gasteiger partial charge in [0.25, 0.3) is 0 Å². The first kappa shape index (κ1) is 36.4. The van der Waals surface area contributed by atoms with Crippen molar-refractivity contribution in [1.29, 1.82) is 0 Å². The number of nitrogen functional groups attached to an aromatic ring is 1. The van der Waals surface area contributed by atoms with Crippen molar-refractivity contribution >= 4 is 50.1 Å². The molecule has 260 valence electrons. The summed E-state index contributed by atoms with van der Waals surface area (Å²) in [6.07, 6.45) is -4.30. The Bertz CT molecular complexity index is 1990. The van der Waals surface area contributed by atoms with Crippen molar-refractivity contribution in [2.24, 2.45) is 5.14 Å². The Morgan fingerprint density at radius 2 is 1.65 bits per heavy atom. The SMILES string of the molecule is CCOc1cc(C(Nc2ccc3c(N)nccc3c2)C(=O)NC(C(=O)OC(=O)C(F)(F)F)c2cccc(S(N)(=O)=O)c2)ccc1OC(C)C. The summed E-state index contributed by atoms with van der Waals surface area (Å²) in [5, 5.41) is 11.8. The molecule has 0 aliphatic heterocycles. The first-order chi connectivity index (χ1) is 23.0. The molecule has 0 saturated carbocycles. The first-order valence-corrected chi connectivity index (χ1v) is 16.1. The second-order valence-electron chi connectivity index (χ2n) is 10.8. The third-order valence-corrected chi connectivity index (χ3v) is 7.71. The van der Waals surface area contributed by atoms with E-state index in [-0.39, 0.29) is 35.4 Å². The molecule has 1 aromatic heterocycles. The highest BCUT2D eigenvalue weighted by Crippen LogP contribution is 2.34. The number of amides is 1. The number of halogens is 3. The van der Waals surface area contributed by atoms with Crippen molar-refractivity contribution in [3.05, 3.63) is 84.1 Å². The number of alkyl halides is 3. The summed E-state index contributed by atoms with van der Waals surface area (Å²) < 4.78 is 78.8. The lowest BCUT2D eigenvalue weighted by molar-refractivity contribution is -0.202. The van der Waals surface area contributed by atoms with Crippen molar-refractivity contribution in [3.8, 4) is 11.5 Å². The second kappa shape index (κ2) is 14.8. The van der Waals surface area contributed by atoms with Gasteiger partial charge in [-0.3, -0.25) is 4.79 Å². The molecule has 4 rings (SSSR count). The van der Waals surface area contributed by atoms with E-state index in [0.717, 1.165) is 24.3 Å². The maximum atomic E-state index is 14.1. The Labute approximate surface area is 278 Å². The zero-order valence-corrected chi connectivity index (χ0v) is 27.1. The summed E-state index contributed by atoms with van der Waals surface area (Å²) in [6, 6.07) is 11.9. The predicted octanol–water partition coefficient (Wildman–Crippen LogP) is 4.29. The topological polar surface area (TPSA) is 202 Å². The van der Waals surface area contributed by atoms with Gasteiger partial charge in [0.1, 0.15) is 11.9 Å². The molecule has 0 aliphatic rings. The number of rotatable bonds is 12. The number of nitrogens with one attached hydrogen (secondary N) is 2. The summed E-state index contributed by atoms with van der Waals surface area (Å²) in [6.45, 7) is 5.57. The number of nitrogens with two attached hydrogens (primary N) is 2. The van der Waals surface area contributed by atoms with Gasteiger partial charge in [0.15, 0.2) is 17.5 Å². The van der Waals surface area contributed by atoms with Crippen LogP contribution in [0.2, 0.25) is 0 Å². The first-order valence-electron chi connectivity index (χ1n) is 14.6. The van der Waals surface area contributed by atoms with E-state index in [0.29, 0.717) is 22.2 Å². The van der Waals surface area contributed by atoms with Crippen LogP contribution in [0.5, 0.6) is 11.5 Å². The van der Waals surface area contributed by atoms with Crippen LogP contribution in [0.25, 0.3) is 10.8 Å². The third-order valence-electron chi connectivity index (χ3n) is 6.80. The van der Waals surface area contributed by atoms with Crippen LogP contribution in [0.1, 0.15) is 44.0 Å². The molecule has 0 spiro atoms. The van der Waals surface area contributed by atoms with Crippen molar-refractivity contribution < 1.29 is 50.2 Å². The van der Waals surface area contributed by atoms with Gasteiger partial charge < -0.3 is 30.6 Å². The molecule has 17 heteroatoms. The lowest BCUT2D eigenvalue weighted by Crippen LogP contribution is -2.41. The van der Waals surface area contributed by atoms with Crippen LogP contribution in [0, 0.1) is 0 Å². The Morgan fingerprint density at radius 3 is 2.31 bits per heavy atom. The molecule has 6 N–H and O–H groups in total. The molecule has 0 saturated heterocycles. The van der Waals surface area contributed by atoms with Gasteiger partial charge in [-0.2, -0.15) is 13.2 Å². The number of anilines is 2. The van der Waals surface area contributed by atoms with Gasteiger partial charge in [-0.25, -0.2) is 28.1 Å². The zero-order chi connectivity index (χ0) is 36.1. The fourth-order valence-corrected chi connectivity index (χ4v) is 5.23. The number of esters is 2. The Morgan fingerprint density at radius 1 is 0.939 bits per heavy atom. The number of carbonyl (C=O) groups is 3. The molecule has 49 heavy (non-hydrogen) atoms. The molecule has 3 aromatic carbocycles. The van der Waals surface area contributed by atoms with Gasteiger partial charge in [-0.1, -0.05) is 18.2 Å². The summed E-state index contributed by atoms with van der Waals surface area (Å²) in [5.41, 5.74) is 6.26. The molecular formula is C32H32F3N5O8S. The van der Waals surface area contributed by atoms with Gasteiger partial charge in [0, 0.05) is 17.3 Å². The van der Waals surface area contributed by atoms with Crippen molar-refractivity contribution in [3.63, 3.8) is 0 Å². The maximum absolute atomic E-state index is 14.1. The number of aromatic nitrogens is 1. The van der Waals surface area contributed by atoms with Crippen molar-refractivity contribution in [2.45, 2.75) is 50.0 Å². The third kappa shape index (κ3) is 9.14. The van der Waals surface area contributed by atoms with E-state index in [2.05, 4.69) is 20.4 Å². The normalized spacial score (nSPS) is 13.0. The minimum Gasteiger partial charge on any atom is -0.490 e. The van der Waals surface area contributed by atoms with Crippen LogP contribution in [0.15, 0.2) is 77.8 Å². The lowest BCUT2D eigenvalue weighted by atomic mass is 10.0. The molecule has 0 aliphatic carbocycles. The van der Waals surface area contributed by atoms with Gasteiger partial charge >= 0.3 is 18.1 Å². The van der Waals surface area contributed by atoms with E-state index in [4.69, 9.17) is 20.3 Å². The van der Waals surface area contributed by atoms with Crippen LogP contribution < -0.4 is 31.0 Å². The summed E-state index contributed by atoms with van der Waals surface area (Å²) in [4.78, 5) is 42.3. The highest BCUT2D eigenvalue weighted by atomic mass is 32.2. The standard InChI is InChI=1S/C32H32F3N5O8S/c1-4-46-25-16-20(8-11-24(25)47-17(2)3)26(39-21-9-10-23-18(14-21)12-13-38-28(23)36)29(41)40-27(30(42)48-31(43)32(33,34)35)19-6-5-7-22(15-19)49(37,44)45/h5-17,26-27,39H,4H2,1-3H3,(H2,36,38)(H,40,41)(H2,37,44,45). The average molecular weight is 704 g/mol. The van der Waals surface area contributed by atoms with Crippen LogP contribution in [0.4, 0.5) is 24.7 Å². The van der Waals surface area contributed by atoms with E-state index >= 15 is 0 Å². The summed E-state index contributed by atoms with van der Waals surface area (Å²) >= 11 is 0. The minimum atomic E-state index is -5.55. The molecule has 1 heterocycles. The fraction of sp³-hybridized carbons (Fsp3) is 0.250. The number of hydrogen-bond acceptors (Lipinski definition) is 11. The quantitative estimate of drug-likeness (QED) is 0.121. The van der Waals surface area contributed by atoms with Gasteiger partial charge in [0.2, 0.25) is 15.9 Å². The number of hydrogen-bond donors (Lipinski definition) is 4. The summed E-state index contributed by atoms with van der Waals surface area (Å²) in [5.74, 6) is -4.81. The highest BCUT2D eigenvalue weighted by Gasteiger charge is 2.44. The lowest BCUT2D eigenvalue weighted by Gasteiger charge is -2.25. The second-order valence-corrected chi connectivity index (χ2v) is 12.3. The van der Waals surface area contributed by atoms with E-state index in [1.54, 1.807) is 51.1 Å².